The Hall–Kier alpha value is -1.55. The van der Waals surface area contributed by atoms with E-state index in [9.17, 15) is 4.79 Å². The van der Waals surface area contributed by atoms with Gasteiger partial charge in [-0.05, 0) is 42.1 Å². The maximum atomic E-state index is 12.6. The van der Waals surface area contributed by atoms with E-state index in [1.165, 1.54) is 5.56 Å². The molecule has 0 saturated carbocycles. The molecule has 1 aliphatic rings. The number of nitrogens with two attached hydrogens (primary N) is 1. The third kappa shape index (κ3) is 4.35. The highest BCUT2D eigenvalue weighted by molar-refractivity contribution is 6.42. The van der Waals surface area contributed by atoms with E-state index >= 15 is 0 Å². The Morgan fingerprint density at radius 3 is 2.52 bits per heavy atom. The lowest BCUT2D eigenvalue weighted by molar-refractivity contribution is -0.130. The van der Waals surface area contributed by atoms with Crippen LogP contribution in [0, 0.1) is 5.92 Å². The van der Waals surface area contributed by atoms with E-state index in [0.29, 0.717) is 41.3 Å². The van der Waals surface area contributed by atoms with E-state index in [1.807, 2.05) is 35.2 Å². The summed E-state index contributed by atoms with van der Waals surface area (Å²) >= 11 is 12.0. The van der Waals surface area contributed by atoms with Gasteiger partial charge in [0.05, 0.1) is 10.0 Å². The quantitative estimate of drug-likeness (QED) is 0.852. The van der Waals surface area contributed by atoms with Gasteiger partial charge in [0.1, 0.15) is 0 Å². The lowest BCUT2D eigenvalue weighted by Gasteiger charge is -2.17. The van der Waals surface area contributed by atoms with Crippen LogP contribution in [0.1, 0.15) is 23.5 Å². The van der Waals surface area contributed by atoms with Gasteiger partial charge >= 0.3 is 0 Å². The first-order valence-electron chi connectivity index (χ1n) is 8.55. The van der Waals surface area contributed by atoms with Crippen LogP contribution in [0.25, 0.3) is 0 Å². The lowest BCUT2D eigenvalue weighted by Crippen LogP contribution is -2.30. The van der Waals surface area contributed by atoms with Crippen LogP contribution in [0.5, 0.6) is 0 Å². The van der Waals surface area contributed by atoms with Crippen LogP contribution in [-0.2, 0) is 11.2 Å². The molecular formula is C20H22Cl2N2O. The summed E-state index contributed by atoms with van der Waals surface area (Å²) in [5.74, 6) is 0.805. The van der Waals surface area contributed by atoms with Crippen LogP contribution in [0.4, 0.5) is 0 Å². The molecular weight excluding hydrogens is 355 g/mol. The number of hydrogen-bond donors (Lipinski definition) is 1. The summed E-state index contributed by atoms with van der Waals surface area (Å²) in [5.41, 5.74) is 8.24. The number of aryl methyl sites for hydroxylation is 1. The number of likely N-dealkylation sites (tertiary alicyclic amines) is 1. The minimum absolute atomic E-state index is 0.169. The Labute approximate surface area is 158 Å². The Bertz CT molecular complexity index is 736. The van der Waals surface area contributed by atoms with Crippen molar-refractivity contribution in [3.05, 3.63) is 69.7 Å². The molecule has 1 heterocycles. The van der Waals surface area contributed by atoms with Crippen molar-refractivity contribution < 1.29 is 4.79 Å². The fraction of sp³-hybridized carbons (Fsp3) is 0.350. The molecule has 1 amide bonds. The van der Waals surface area contributed by atoms with Gasteiger partial charge in [0, 0.05) is 25.4 Å². The van der Waals surface area contributed by atoms with Crippen molar-refractivity contribution >= 4 is 29.1 Å². The van der Waals surface area contributed by atoms with Gasteiger partial charge in [-0.25, -0.2) is 0 Å². The topological polar surface area (TPSA) is 46.3 Å². The van der Waals surface area contributed by atoms with Gasteiger partial charge in [0.15, 0.2) is 0 Å². The van der Waals surface area contributed by atoms with Crippen molar-refractivity contribution in [2.75, 3.05) is 19.6 Å². The summed E-state index contributed by atoms with van der Waals surface area (Å²) in [5, 5.41) is 1.06. The number of halogens is 2. The van der Waals surface area contributed by atoms with Crippen LogP contribution >= 0.6 is 23.2 Å². The van der Waals surface area contributed by atoms with Gasteiger partial charge in [0.2, 0.25) is 5.91 Å². The van der Waals surface area contributed by atoms with Crippen molar-refractivity contribution in [1.82, 2.24) is 4.90 Å². The Kier molecular flexibility index (Phi) is 6.00. The molecule has 0 aliphatic carbocycles. The molecule has 0 bridgehead atoms. The molecule has 0 aromatic heterocycles. The lowest BCUT2D eigenvalue weighted by atomic mass is 9.89. The van der Waals surface area contributed by atoms with Crippen LogP contribution < -0.4 is 5.73 Å². The highest BCUT2D eigenvalue weighted by Gasteiger charge is 2.34. The van der Waals surface area contributed by atoms with Crippen LogP contribution in [-0.4, -0.2) is 30.4 Å². The molecule has 3 rings (SSSR count). The van der Waals surface area contributed by atoms with Gasteiger partial charge in [-0.2, -0.15) is 0 Å². The molecule has 132 valence electrons. The van der Waals surface area contributed by atoms with E-state index < -0.39 is 0 Å². The van der Waals surface area contributed by atoms with Crippen molar-refractivity contribution in [1.29, 1.82) is 0 Å². The number of nitrogens with zero attached hydrogens (tertiary/aromatic N) is 1. The Morgan fingerprint density at radius 1 is 1.08 bits per heavy atom. The SMILES string of the molecule is NC[C@@H]1CN(C(=O)CCc2ccc(Cl)c(Cl)c2)C[C@H]1c1ccccc1. The first-order chi connectivity index (χ1) is 12.1. The molecule has 2 atom stereocenters. The second kappa shape index (κ2) is 8.22. The summed E-state index contributed by atoms with van der Waals surface area (Å²) in [6, 6.07) is 15.9. The van der Waals surface area contributed by atoms with Crippen molar-refractivity contribution in [2.24, 2.45) is 11.7 Å². The van der Waals surface area contributed by atoms with Crippen LogP contribution in [0.15, 0.2) is 48.5 Å². The standard InChI is InChI=1S/C20H22Cl2N2O/c21-18-8-6-14(10-19(18)22)7-9-20(25)24-12-16(11-23)17(13-24)15-4-2-1-3-5-15/h1-6,8,10,16-17H,7,9,11-13,23H2/t16-,17+/m1/s1. The predicted octanol–water partition coefficient (Wildman–Crippen LogP) is 4.13. The minimum Gasteiger partial charge on any atom is -0.342 e. The molecule has 1 saturated heterocycles. The molecule has 3 nitrogen and oxygen atoms in total. The number of hydrogen-bond acceptors (Lipinski definition) is 2. The highest BCUT2D eigenvalue weighted by atomic mass is 35.5. The van der Waals surface area contributed by atoms with E-state index in [0.717, 1.165) is 18.7 Å². The average Bonchev–Trinajstić information content (AvgIpc) is 3.08. The molecule has 0 spiro atoms. The molecule has 2 N–H and O–H groups in total. The number of rotatable bonds is 5. The predicted molar refractivity (Wildman–Crippen MR) is 103 cm³/mol. The second-order valence-corrected chi connectivity index (χ2v) is 7.37. The van der Waals surface area contributed by atoms with E-state index in [1.54, 1.807) is 6.07 Å². The summed E-state index contributed by atoms with van der Waals surface area (Å²) in [6.45, 7) is 2.07. The highest BCUT2D eigenvalue weighted by Crippen LogP contribution is 2.32. The fourth-order valence-electron chi connectivity index (χ4n) is 3.50. The third-order valence-corrected chi connectivity index (χ3v) is 5.67. The fourth-order valence-corrected chi connectivity index (χ4v) is 3.82. The molecule has 25 heavy (non-hydrogen) atoms. The van der Waals surface area contributed by atoms with Crippen LogP contribution in [0.2, 0.25) is 10.0 Å². The molecule has 2 aromatic rings. The van der Waals surface area contributed by atoms with Crippen molar-refractivity contribution in [3.63, 3.8) is 0 Å². The second-order valence-electron chi connectivity index (χ2n) is 6.56. The maximum Gasteiger partial charge on any atom is 0.222 e. The zero-order chi connectivity index (χ0) is 17.8. The summed E-state index contributed by atoms with van der Waals surface area (Å²) in [4.78, 5) is 14.6. The van der Waals surface area contributed by atoms with Gasteiger partial charge in [-0.15, -0.1) is 0 Å². The minimum atomic E-state index is 0.169. The van der Waals surface area contributed by atoms with Crippen LogP contribution in [0.3, 0.4) is 0 Å². The summed E-state index contributed by atoms with van der Waals surface area (Å²) < 4.78 is 0. The van der Waals surface area contributed by atoms with E-state index in [-0.39, 0.29) is 5.91 Å². The molecule has 0 unspecified atom stereocenters. The van der Waals surface area contributed by atoms with Gasteiger partial charge in [-0.1, -0.05) is 59.6 Å². The number of amides is 1. The first-order valence-corrected chi connectivity index (χ1v) is 9.30. The van der Waals surface area contributed by atoms with Gasteiger partial charge in [0.25, 0.3) is 0 Å². The molecule has 0 radical (unpaired) electrons. The normalized spacial score (nSPS) is 20.0. The average molecular weight is 377 g/mol. The first kappa shape index (κ1) is 18.2. The van der Waals surface area contributed by atoms with Gasteiger partial charge < -0.3 is 10.6 Å². The monoisotopic (exact) mass is 376 g/mol. The Morgan fingerprint density at radius 2 is 1.84 bits per heavy atom. The largest absolute Gasteiger partial charge is 0.342 e. The smallest absolute Gasteiger partial charge is 0.222 e. The number of carbonyl (C=O) groups is 1. The van der Waals surface area contributed by atoms with E-state index in [4.69, 9.17) is 28.9 Å². The van der Waals surface area contributed by atoms with E-state index in [2.05, 4.69) is 12.1 Å². The van der Waals surface area contributed by atoms with Gasteiger partial charge in [-0.3, -0.25) is 4.79 Å². The zero-order valence-electron chi connectivity index (χ0n) is 14.0. The molecule has 5 heteroatoms. The molecule has 1 aliphatic heterocycles. The molecule has 1 fully saturated rings. The summed E-state index contributed by atoms with van der Waals surface area (Å²) in [7, 11) is 0. The van der Waals surface area contributed by atoms with Crippen molar-refractivity contribution in [3.8, 4) is 0 Å². The summed E-state index contributed by atoms with van der Waals surface area (Å²) in [6.07, 6.45) is 1.13. The van der Waals surface area contributed by atoms with Crippen molar-refractivity contribution in [2.45, 2.75) is 18.8 Å². The third-order valence-electron chi connectivity index (χ3n) is 4.94. The number of benzene rings is 2. The number of carbonyl (C=O) groups excluding carboxylic acids is 1. The maximum absolute atomic E-state index is 12.6. The molecule has 2 aromatic carbocycles. The zero-order valence-corrected chi connectivity index (χ0v) is 15.5. The Balaban J connectivity index is 1.61.